The van der Waals surface area contributed by atoms with Crippen LogP contribution in [0.25, 0.3) is 5.69 Å². The van der Waals surface area contributed by atoms with Crippen molar-refractivity contribution in [2.45, 2.75) is 19.4 Å². The van der Waals surface area contributed by atoms with E-state index < -0.39 is 0 Å². The van der Waals surface area contributed by atoms with Crippen LogP contribution >= 0.6 is 0 Å². The maximum Gasteiger partial charge on any atom is 0.269 e. The lowest BCUT2D eigenvalue weighted by Gasteiger charge is -2.13. The molecule has 0 fully saturated rings. The van der Waals surface area contributed by atoms with E-state index in [0.717, 1.165) is 17.7 Å². The van der Waals surface area contributed by atoms with Gasteiger partial charge in [-0.2, -0.15) is 0 Å². The second-order valence-corrected chi connectivity index (χ2v) is 6.02. The molecule has 0 aliphatic rings. The number of rotatable bonds is 8. The Morgan fingerprint density at radius 2 is 1.81 bits per heavy atom. The molecule has 5 nitrogen and oxygen atoms in total. The van der Waals surface area contributed by atoms with Crippen LogP contribution < -0.4 is 5.32 Å². The summed E-state index contributed by atoms with van der Waals surface area (Å²) < 4.78 is 7.61. The molecule has 1 amide bonds. The van der Waals surface area contributed by atoms with Crippen LogP contribution in [0.5, 0.6) is 0 Å². The van der Waals surface area contributed by atoms with E-state index in [0.29, 0.717) is 18.8 Å². The Kier molecular flexibility index (Phi) is 6.17. The summed E-state index contributed by atoms with van der Waals surface area (Å²) in [7, 11) is 0. The minimum atomic E-state index is -0.137. The van der Waals surface area contributed by atoms with E-state index in [-0.39, 0.29) is 12.0 Å². The van der Waals surface area contributed by atoms with Crippen LogP contribution in [0.4, 0.5) is 0 Å². The molecule has 1 heterocycles. The van der Waals surface area contributed by atoms with Gasteiger partial charge in [-0.05, 0) is 31.0 Å². The van der Waals surface area contributed by atoms with Gasteiger partial charge in [0.05, 0.1) is 18.6 Å². The number of hydrogen-bond acceptors (Lipinski definition) is 3. The summed E-state index contributed by atoms with van der Waals surface area (Å²) in [5.74, 6) is -0.137. The summed E-state index contributed by atoms with van der Waals surface area (Å²) in [6.07, 6.45) is 4.03. The minimum absolute atomic E-state index is 0.0476. The first-order chi connectivity index (χ1) is 12.8. The van der Waals surface area contributed by atoms with E-state index in [4.69, 9.17) is 4.74 Å². The van der Waals surface area contributed by atoms with Crippen molar-refractivity contribution in [2.75, 3.05) is 13.2 Å². The standard InChI is InChI=1S/C21H23N3O2/c1-17(18-9-4-2-5-10-18)26-14-8-13-23-21(25)20-15-22-16-24(20)19-11-6-3-7-12-19/h2-7,9-12,15-17H,8,13-14H2,1H3,(H,23,25). The molecule has 0 saturated carbocycles. The summed E-state index contributed by atoms with van der Waals surface area (Å²) in [4.78, 5) is 16.5. The normalized spacial score (nSPS) is 11.9. The van der Waals surface area contributed by atoms with Gasteiger partial charge in [0, 0.05) is 18.8 Å². The molecule has 0 saturated heterocycles. The maximum absolute atomic E-state index is 12.4. The van der Waals surface area contributed by atoms with Crippen molar-refractivity contribution in [1.29, 1.82) is 0 Å². The van der Waals surface area contributed by atoms with Gasteiger partial charge in [-0.3, -0.25) is 9.36 Å². The van der Waals surface area contributed by atoms with E-state index in [2.05, 4.69) is 22.4 Å². The molecule has 0 aliphatic carbocycles. The zero-order chi connectivity index (χ0) is 18.2. The smallest absolute Gasteiger partial charge is 0.269 e. The van der Waals surface area contributed by atoms with Gasteiger partial charge in [0.1, 0.15) is 5.69 Å². The van der Waals surface area contributed by atoms with Crippen molar-refractivity contribution in [2.24, 2.45) is 0 Å². The van der Waals surface area contributed by atoms with Crippen LogP contribution in [0, 0.1) is 0 Å². The van der Waals surface area contributed by atoms with Crippen molar-refractivity contribution in [3.05, 3.63) is 84.4 Å². The number of benzene rings is 2. The number of para-hydroxylation sites is 1. The lowest BCUT2D eigenvalue weighted by molar-refractivity contribution is 0.0634. The fraction of sp³-hybridized carbons (Fsp3) is 0.238. The average molecular weight is 349 g/mol. The lowest BCUT2D eigenvalue weighted by atomic mass is 10.1. The van der Waals surface area contributed by atoms with Gasteiger partial charge in [0.2, 0.25) is 0 Å². The van der Waals surface area contributed by atoms with Gasteiger partial charge in [0.25, 0.3) is 5.91 Å². The average Bonchev–Trinajstić information content (AvgIpc) is 3.19. The Balaban J connectivity index is 1.45. The van der Waals surface area contributed by atoms with Crippen LogP contribution in [0.15, 0.2) is 73.2 Å². The zero-order valence-electron chi connectivity index (χ0n) is 14.8. The zero-order valence-corrected chi connectivity index (χ0v) is 14.8. The van der Waals surface area contributed by atoms with Crippen LogP contribution in [0.3, 0.4) is 0 Å². The number of imidazole rings is 1. The molecule has 26 heavy (non-hydrogen) atoms. The monoisotopic (exact) mass is 349 g/mol. The first kappa shape index (κ1) is 17.9. The molecule has 0 radical (unpaired) electrons. The largest absolute Gasteiger partial charge is 0.374 e. The molecular weight excluding hydrogens is 326 g/mol. The molecule has 1 unspecified atom stereocenters. The number of ether oxygens (including phenoxy) is 1. The molecule has 0 bridgehead atoms. The van der Waals surface area contributed by atoms with E-state index in [1.54, 1.807) is 17.1 Å². The van der Waals surface area contributed by atoms with Crippen LogP contribution in [-0.2, 0) is 4.74 Å². The second-order valence-electron chi connectivity index (χ2n) is 6.02. The number of carbonyl (C=O) groups is 1. The van der Waals surface area contributed by atoms with Gasteiger partial charge >= 0.3 is 0 Å². The molecule has 1 aromatic heterocycles. The van der Waals surface area contributed by atoms with Crippen LogP contribution in [0.2, 0.25) is 0 Å². The topological polar surface area (TPSA) is 56.1 Å². The van der Waals surface area contributed by atoms with E-state index >= 15 is 0 Å². The summed E-state index contributed by atoms with van der Waals surface area (Å²) in [6.45, 7) is 3.18. The minimum Gasteiger partial charge on any atom is -0.374 e. The van der Waals surface area contributed by atoms with E-state index in [1.165, 1.54) is 0 Å². The molecule has 1 N–H and O–H groups in total. The molecule has 5 heteroatoms. The van der Waals surface area contributed by atoms with Crippen molar-refractivity contribution in [1.82, 2.24) is 14.9 Å². The Hall–Kier alpha value is -2.92. The summed E-state index contributed by atoms with van der Waals surface area (Å²) in [5.41, 5.74) is 2.59. The van der Waals surface area contributed by atoms with Gasteiger partial charge in [-0.1, -0.05) is 48.5 Å². The summed E-state index contributed by atoms with van der Waals surface area (Å²) >= 11 is 0. The Morgan fingerprint density at radius 3 is 2.54 bits per heavy atom. The highest BCUT2D eigenvalue weighted by Crippen LogP contribution is 2.15. The summed E-state index contributed by atoms with van der Waals surface area (Å²) in [6, 6.07) is 19.8. The second kappa shape index (κ2) is 8.97. The van der Waals surface area contributed by atoms with Gasteiger partial charge in [0.15, 0.2) is 0 Å². The van der Waals surface area contributed by atoms with E-state index in [9.17, 15) is 4.79 Å². The predicted octanol–water partition coefficient (Wildman–Crippen LogP) is 3.77. The molecule has 134 valence electrons. The summed E-state index contributed by atoms with van der Waals surface area (Å²) in [5, 5.41) is 2.93. The highest BCUT2D eigenvalue weighted by Gasteiger charge is 2.12. The number of nitrogens with zero attached hydrogens (tertiary/aromatic N) is 2. The first-order valence-electron chi connectivity index (χ1n) is 8.78. The molecule has 1 atom stereocenters. The Labute approximate surface area is 153 Å². The van der Waals surface area contributed by atoms with E-state index in [1.807, 2.05) is 55.5 Å². The predicted molar refractivity (Wildman–Crippen MR) is 101 cm³/mol. The molecule has 3 rings (SSSR count). The number of aromatic nitrogens is 2. The van der Waals surface area contributed by atoms with Gasteiger partial charge < -0.3 is 10.1 Å². The lowest BCUT2D eigenvalue weighted by Crippen LogP contribution is -2.27. The SMILES string of the molecule is CC(OCCCNC(=O)c1cncn1-c1ccccc1)c1ccccc1. The maximum atomic E-state index is 12.4. The molecule has 2 aromatic carbocycles. The van der Waals surface area contributed by atoms with Crippen molar-refractivity contribution >= 4 is 5.91 Å². The number of carbonyl (C=O) groups excluding carboxylic acids is 1. The molecule has 0 spiro atoms. The molecule has 3 aromatic rings. The van der Waals surface area contributed by atoms with Crippen molar-refractivity contribution in [3.8, 4) is 5.69 Å². The Morgan fingerprint density at radius 1 is 1.12 bits per heavy atom. The quantitative estimate of drug-likeness (QED) is 0.630. The third kappa shape index (κ3) is 4.58. The highest BCUT2D eigenvalue weighted by molar-refractivity contribution is 5.92. The highest BCUT2D eigenvalue weighted by atomic mass is 16.5. The number of hydrogen-bond donors (Lipinski definition) is 1. The van der Waals surface area contributed by atoms with Gasteiger partial charge in [-0.25, -0.2) is 4.98 Å². The van der Waals surface area contributed by atoms with Crippen molar-refractivity contribution in [3.63, 3.8) is 0 Å². The molecule has 0 aliphatic heterocycles. The fourth-order valence-corrected chi connectivity index (χ4v) is 2.70. The fourth-order valence-electron chi connectivity index (χ4n) is 2.70. The van der Waals surface area contributed by atoms with Crippen LogP contribution in [-0.4, -0.2) is 28.6 Å². The van der Waals surface area contributed by atoms with Gasteiger partial charge in [-0.15, -0.1) is 0 Å². The van der Waals surface area contributed by atoms with Crippen molar-refractivity contribution < 1.29 is 9.53 Å². The number of nitrogens with one attached hydrogen (secondary N) is 1. The third-order valence-corrected chi connectivity index (χ3v) is 4.15. The number of amides is 1. The first-order valence-corrected chi connectivity index (χ1v) is 8.78. The Bertz CT molecular complexity index is 816. The third-order valence-electron chi connectivity index (χ3n) is 4.15. The molecular formula is C21H23N3O2. The van der Waals surface area contributed by atoms with Crippen LogP contribution in [0.1, 0.15) is 35.5 Å².